The number of hydrogen-bond donors (Lipinski definition) is 1. The van der Waals surface area contributed by atoms with Crippen LogP contribution >= 0.6 is 0 Å². The van der Waals surface area contributed by atoms with Crippen LogP contribution in [0.4, 0.5) is 4.39 Å². The molecule has 8 heteroatoms. The standard InChI is InChI=1S/C20H27FN4O3/c21-17-6-4-16(5-7-17)20(28)25-11-3-8-23(12-13-25)15-18(26)22-14-19(27)24-9-1-2-10-24/h4-7H,1-3,8-15H2,(H,22,26). The van der Waals surface area contributed by atoms with Gasteiger partial charge in [0.05, 0.1) is 13.1 Å². The smallest absolute Gasteiger partial charge is 0.253 e. The van der Waals surface area contributed by atoms with Crippen LogP contribution in [0.1, 0.15) is 29.6 Å². The van der Waals surface area contributed by atoms with E-state index in [4.69, 9.17) is 0 Å². The molecule has 0 aliphatic carbocycles. The summed E-state index contributed by atoms with van der Waals surface area (Å²) in [6, 6.07) is 5.55. The van der Waals surface area contributed by atoms with Gasteiger partial charge in [0.15, 0.2) is 0 Å². The predicted molar refractivity (Wildman–Crippen MR) is 102 cm³/mol. The number of carbonyl (C=O) groups is 3. The number of rotatable bonds is 5. The zero-order valence-electron chi connectivity index (χ0n) is 16.0. The molecule has 0 radical (unpaired) electrons. The van der Waals surface area contributed by atoms with E-state index in [0.717, 1.165) is 32.4 Å². The molecule has 2 aliphatic rings. The Morgan fingerprint density at radius 1 is 0.857 bits per heavy atom. The van der Waals surface area contributed by atoms with Crippen molar-refractivity contribution in [2.45, 2.75) is 19.3 Å². The highest BCUT2D eigenvalue weighted by Gasteiger charge is 2.22. The summed E-state index contributed by atoms with van der Waals surface area (Å²) in [4.78, 5) is 42.2. The third-order valence-electron chi connectivity index (χ3n) is 5.23. The number of benzene rings is 1. The van der Waals surface area contributed by atoms with E-state index in [1.807, 2.05) is 4.90 Å². The molecule has 0 aromatic heterocycles. The molecular formula is C20H27FN4O3. The molecule has 3 rings (SSSR count). The molecule has 1 N–H and O–H groups in total. The average molecular weight is 390 g/mol. The number of halogens is 1. The van der Waals surface area contributed by atoms with Crippen molar-refractivity contribution in [3.05, 3.63) is 35.6 Å². The molecule has 2 fully saturated rings. The highest BCUT2D eigenvalue weighted by Crippen LogP contribution is 2.10. The molecule has 152 valence electrons. The monoisotopic (exact) mass is 390 g/mol. The minimum absolute atomic E-state index is 0.0298. The van der Waals surface area contributed by atoms with Crippen LogP contribution in [0.2, 0.25) is 0 Å². The summed E-state index contributed by atoms with van der Waals surface area (Å²) in [7, 11) is 0. The average Bonchev–Trinajstić information content (AvgIpc) is 3.14. The summed E-state index contributed by atoms with van der Waals surface area (Å²) in [5.41, 5.74) is 0.466. The van der Waals surface area contributed by atoms with Gasteiger partial charge in [-0.3, -0.25) is 19.3 Å². The molecule has 0 spiro atoms. The number of hydrogen-bond acceptors (Lipinski definition) is 4. The maximum absolute atomic E-state index is 13.0. The number of nitrogens with zero attached hydrogens (tertiary/aromatic N) is 3. The van der Waals surface area contributed by atoms with Gasteiger partial charge in [-0.25, -0.2) is 4.39 Å². The Hall–Kier alpha value is -2.48. The Morgan fingerprint density at radius 3 is 2.25 bits per heavy atom. The largest absolute Gasteiger partial charge is 0.346 e. The van der Waals surface area contributed by atoms with Crippen LogP contribution in [-0.4, -0.2) is 84.8 Å². The van der Waals surface area contributed by atoms with Gasteiger partial charge in [0, 0.05) is 44.8 Å². The summed E-state index contributed by atoms with van der Waals surface area (Å²) < 4.78 is 13.0. The maximum atomic E-state index is 13.0. The molecule has 1 aromatic carbocycles. The number of carbonyl (C=O) groups excluding carboxylic acids is 3. The normalized spacial score (nSPS) is 18.0. The van der Waals surface area contributed by atoms with E-state index in [2.05, 4.69) is 5.32 Å². The van der Waals surface area contributed by atoms with E-state index in [9.17, 15) is 18.8 Å². The lowest BCUT2D eigenvalue weighted by Crippen LogP contribution is -2.43. The third-order valence-corrected chi connectivity index (χ3v) is 5.23. The minimum Gasteiger partial charge on any atom is -0.346 e. The van der Waals surface area contributed by atoms with Crippen molar-refractivity contribution >= 4 is 17.7 Å². The fourth-order valence-electron chi connectivity index (χ4n) is 3.62. The zero-order valence-corrected chi connectivity index (χ0v) is 16.0. The SMILES string of the molecule is O=C(CN1CCCN(C(=O)c2ccc(F)cc2)CC1)NCC(=O)N1CCCC1. The van der Waals surface area contributed by atoms with E-state index >= 15 is 0 Å². The van der Waals surface area contributed by atoms with E-state index in [1.165, 1.54) is 24.3 Å². The van der Waals surface area contributed by atoms with Gasteiger partial charge in [0.1, 0.15) is 5.82 Å². The maximum Gasteiger partial charge on any atom is 0.253 e. The van der Waals surface area contributed by atoms with Gasteiger partial charge in [0.2, 0.25) is 11.8 Å². The van der Waals surface area contributed by atoms with Crippen LogP contribution in [0.5, 0.6) is 0 Å². The highest BCUT2D eigenvalue weighted by atomic mass is 19.1. The third kappa shape index (κ3) is 5.51. The predicted octanol–water partition coefficient (Wildman–Crippen LogP) is 0.712. The van der Waals surface area contributed by atoms with Crippen molar-refractivity contribution in [1.29, 1.82) is 0 Å². The lowest BCUT2D eigenvalue weighted by Gasteiger charge is -2.22. The number of likely N-dealkylation sites (tertiary alicyclic amines) is 1. The van der Waals surface area contributed by atoms with Crippen molar-refractivity contribution in [3.8, 4) is 0 Å². The van der Waals surface area contributed by atoms with Crippen LogP contribution in [0.25, 0.3) is 0 Å². The Labute approximate surface area is 164 Å². The highest BCUT2D eigenvalue weighted by molar-refractivity contribution is 5.94. The van der Waals surface area contributed by atoms with E-state index in [1.54, 1.807) is 9.80 Å². The van der Waals surface area contributed by atoms with Crippen molar-refractivity contribution < 1.29 is 18.8 Å². The van der Waals surface area contributed by atoms with Crippen LogP contribution in [0, 0.1) is 5.82 Å². The van der Waals surface area contributed by atoms with Gasteiger partial charge in [-0.2, -0.15) is 0 Å². The van der Waals surface area contributed by atoms with Gasteiger partial charge in [-0.05, 0) is 43.5 Å². The second-order valence-electron chi connectivity index (χ2n) is 7.29. The van der Waals surface area contributed by atoms with Crippen molar-refractivity contribution in [3.63, 3.8) is 0 Å². The molecule has 2 aliphatic heterocycles. The van der Waals surface area contributed by atoms with E-state index < -0.39 is 0 Å². The molecule has 2 saturated heterocycles. The van der Waals surface area contributed by atoms with Crippen LogP contribution in [0.3, 0.4) is 0 Å². The van der Waals surface area contributed by atoms with Gasteiger partial charge in [-0.15, -0.1) is 0 Å². The topological polar surface area (TPSA) is 73.0 Å². The summed E-state index contributed by atoms with van der Waals surface area (Å²) >= 11 is 0. The summed E-state index contributed by atoms with van der Waals surface area (Å²) in [6.45, 7) is 4.21. The molecular weight excluding hydrogens is 363 g/mol. The lowest BCUT2D eigenvalue weighted by atomic mass is 10.2. The molecule has 7 nitrogen and oxygen atoms in total. The molecule has 0 saturated carbocycles. The quantitative estimate of drug-likeness (QED) is 0.804. The van der Waals surface area contributed by atoms with Gasteiger partial charge in [-0.1, -0.05) is 0 Å². The molecule has 0 atom stereocenters. The molecule has 1 aromatic rings. The van der Waals surface area contributed by atoms with Crippen LogP contribution in [-0.2, 0) is 9.59 Å². The molecule has 3 amide bonds. The van der Waals surface area contributed by atoms with Gasteiger partial charge >= 0.3 is 0 Å². The zero-order chi connectivity index (χ0) is 19.9. The van der Waals surface area contributed by atoms with Crippen molar-refractivity contribution in [2.75, 3.05) is 52.4 Å². The van der Waals surface area contributed by atoms with Gasteiger partial charge < -0.3 is 15.1 Å². The summed E-state index contributed by atoms with van der Waals surface area (Å²) in [6.07, 6.45) is 2.81. The Balaban J connectivity index is 1.43. The minimum atomic E-state index is -0.368. The molecule has 28 heavy (non-hydrogen) atoms. The first-order valence-corrected chi connectivity index (χ1v) is 9.84. The van der Waals surface area contributed by atoms with Crippen molar-refractivity contribution in [2.24, 2.45) is 0 Å². The summed E-state index contributed by atoms with van der Waals surface area (Å²) in [5, 5.41) is 2.70. The molecule has 2 heterocycles. The number of nitrogens with one attached hydrogen (secondary N) is 1. The van der Waals surface area contributed by atoms with Crippen LogP contribution in [0.15, 0.2) is 24.3 Å². The molecule has 0 bridgehead atoms. The first kappa shape index (κ1) is 20.3. The Kier molecular flexibility index (Phi) is 6.97. The Morgan fingerprint density at radius 2 is 1.54 bits per heavy atom. The first-order chi connectivity index (χ1) is 13.5. The fraction of sp³-hybridized carbons (Fsp3) is 0.550. The number of amides is 3. The second kappa shape index (κ2) is 9.64. The molecule has 0 unspecified atom stereocenters. The second-order valence-corrected chi connectivity index (χ2v) is 7.29. The summed E-state index contributed by atoms with van der Waals surface area (Å²) in [5.74, 6) is -0.695. The van der Waals surface area contributed by atoms with E-state index in [0.29, 0.717) is 31.7 Å². The lowest BCUT2D eigenvalue weighted by molar-refractivity contribution is -0.132. The van der Waals surface area contributed by atoms with Crippen molar-refractivity contribution in [1.82, 2.24) is 20.0 Å². The fourth-order valence-corrected chi connectivity index (χ4v) is 3.62. The Bertz CT molecular complexity index is 704. The first-order valence-electron chi connectivity index (χ1n) is 9.84. The van der Waals surface area contributed by atoms with Gasteiger partial charge in [0.25, 0.3) is 5.91 Å². The van der Waals surface area contributed by atoms with E-state index in [-0.39, 0.29) is 36.6 Å². The van der Waals surface area contributed by atoms with Crippen LogP contribution < -0.4 is 5.32 Å².